The van der Waals surface area contributed by atoms with E-state index in [1.165, 1.54) is 0 Å². The van der Waals surface area contributed by atoms with Crippen molar-refractivity contribution in [1.29, 1.82) is 0 Å². The average Bonchev–Trinajstić information content (AvgIpc) is 1.73. The van der Waals surface area contributed by atoms with E-state index in [1.807, 2.05) is 0 Å². The summed E-state index contributed by atoms with van der Waals surface area (Å²) in [5, 5.41) is 17.7. The van der Waals surface area contributed by atoms with E-state index in [0.717, 1.165) is 0 Å². The fraction of sp³-hybridized carbons (Fsp3) is 0.750. The number of aliphatic hydroxyl groups is 2. The zero-order valence-corrected chi connectivity index (χ0v) is 5.07. The molecule has 6 heteroatoms. The first kappa shape index (κ1) is 7.42. The fourth-order valence-electron chi connectivity index (χ4n) is 0.743. The smallest absolute Gasteiger partial charge is 0.357 e. The van der Waals surface area contributed by atoms with Crippen LogP contribution in [0.15, 0.2) is 0 Å². The van der Waals surface area contributed by atoms with Gasteiger partial charge in [0, 0.05) is 0 Å². The molecule has 6 N–H and O–H groups in total. The molecule has 0 aromatic rings. The lowest BCUT2D eigenvalue weighted by Gasteiger charge is -2.12. The molecule has 0 aliphatic carbocycles. The summed E-state index contributed by atoms with van der Waals surface area (Å²) < 4.78 is 4.08. The monoisotopic (exact) mass is 148 g/mol. The van der Waals surface area contributed by atoms with Crippen molar-refractivity contribution in [3.05, 3.63) is 0 Å². The van der Waals surface area contributed by atoms with Gasteiger partial charge in [-0.15, -0.1) is 0 Å². The number of cyclic esters (lactones) is 1. The van der Waals surface area contributed by atoms with Crippen molar-refractivity contribution in [3.63, 3.8) is 0 Å². The van der Waals surface area contributed by atoms with Crippen molar-refractivity contribution >= 4 is 5.97 Å². The van der Waals surface area contributed by atoms with Crippen molar-refractivity contribution in [2.24, 2.45) is 11.5 Å². The number of carbonyl (C=O) groups is 1. The predicted octanol–water partition coefficient (Wildman–Crippen LogP) is -2.81. The van der Waals surface area contributed by atoms with Gasteiger partial charge in [0.2, 0.25) is 5.72 Å². The Bertz CT molecular complexity index is 176. The molecule has 1 rings (SSSR count). The summed E-state index contributed by atoms with van der Waals surface area (Å²) in [6, 6.07) is 0. The first-order valence-electron chi connectivity index (χ1n) is 2.59. The molecule has 58 valence electrons. The minimum atomic E-state index is -2.15. The summed E-state index contributed by atoms with van der Waals surface area (Å²) in [6.07, 6.45) is -0.515. The van der Waals surface area contributed by atoms with Gasteiger partial charge in [0.25, 0.3) is 5.91 Å². The van der Waals surface area contributed by atoms with E-state index in [1.54, 1.807) is 0 Å². The van der Waals surface area contributed by atoms with Crippen molar-refractivity contribution in [2.75, 3.05) is 0 Å². The molecule has 0 bridgehead atoms. The van der Waals surface area contributed by atoms with E-state index < -0.39 is 24.0 Å². The third kappa shape index (κ3) is 1.09. The Hall–Kier alpha value is -0.690. The van der Waals surface area contributed by atoms with Gasteiger partial charge in [-0.2, -0.15) is 0 Å². The molecule has 1 heterocycles. The van der Waals surface area contributed by atoms with Crippen LogP contribution < -0.4 is 11.5 Å². The molecule has 0 spiro atoms. The van der Waals surface area contributed by atoms with Crippen molar-refractivity contribution in [1.82, 2.24) is 0 Å². The summed E-state index contributed by atoms with van der Waals surface area (Å²) in [7, 11) is 0. The summed E-state index contributed by atoms with van der Waals surface area (Å²) >= 11 is 0. The van der Waals surface area contributed by atoms with Gasteiger partial charge >= 0.3 is 5.97 Å². The Morgan fingerprint density at radius 3 is 2.10 bits per heavy atom. The molecular formula is C4H8N2O4. The zero-order valence-electron chi connectivity index (χ0n) is 5.07. The van der Waals surface area contributed by atoms with Crippen LogP contribution in [-0.2, 0) is 9.53 Å². The summed E-state index contributed by atoms with van der Waals surface area (Å²) in [5.74, 6) is -3.24. The molecule has 1 saturated heterocycles. The van der Waals surface area contributed by atoms with Gasteiger partial charge in [-0.1, -0.05) is 0 Å². The Morgan fingerprint density at radius 1 is 1.50 bits per heavy atom. The van der Waals surface area contributed by atoms with Crippen LogP contribution >= 0.6 is 0 Å². The highest BCUT2D eigenvalue weighted by Gasteiger charge is 2.51. The second-order valence-electron chi connectivity index (χ2n) is 2.34. The quantitative estimate of drug-likeness (QED) is 0.217. The lowest BCUT2D eigenvalue weighted by Crippen LogP contribution is -2.46. The molecule has 2 unspecified atom stereocenters. The van der Waals surface area contributed by atoms with Crippen LogP contribution in [-0.4, -0.2) is 27.8 Å². The van der Waals surface area contributed by atoms with Crippen molar-refractivity contribution in [3.8, 4) is 0 Å². The van der Waals surface area contributed by atoms with Gasteiger partial charge in [-0.3, -0.25) is 11.5 Å². The van der Waals surface area contributed by atoms with Gasteiger partial charge < -0.3 is 14.9 Å². The third-order valence-electron chi connectivity index (χ3n) is 1.15. The molecule has 0 aromatic carbocycles. The van der Waals surface area contributed by atoms with E-state index in [0.29, 0.717) is 0 Å². The largest absolute Gasteiger partial charge is 0.416 e. The normalized spacial score (nSPS) is 47.4. The molecule has 6 nitrogen and oxygen atoms in total. The van der Waals surface area contributed by atoms with E-state index >= 15 is 0 Å². The molecule has 10 heavy (non-hydrogen) atoms. The van der Waals surface area contributed by atoms with E-state index in [-0.39, 0.29) is 0 Å². The number of hydrogen-bond acceptors (Lipinski definition) is 6. The summed E-state index contributed by atoms with van der Waals surface area (Å²) in [4.78, 5) is 10.5. The van der Waals surface area contributed by atoms with Crippen LogP contribution in [0.5, 0.6) is 0 Å². The van der Waals surface area contributed by atoms with Gasteiger partial charge in [-0.25, -0.2) is 4.79 Å². The minimum Gasteiger partial charge on any atom is -0.416 e. The molecule has 1 aliphatic heterocycles. The van der Waals surface area contributed by atoms with Gasteiger partial charge in [0.15, 0.2) is 0 Å². The fourth-order valence-corrected chi connectivity index (χ4v) is 0.743. The molecule has 0 aromatic heterocycles. The summed E-state index contributed by atoms with van der Waals surface area (Å²) in [5.41, 5.74) is 7.70. The molecule has 2 atom stereocenters. The number of nitrogens with two attached hydrogens (primary N) is 2. The van der Waals surface area contributed by atoms with E-state index in [4.69, 9.17) is 21.7 Å². The van der Waals surface area contributed by atoms with Crippen molar-refractivity contribution < 1.29 is 19.7 Å². The first-order chi connectivity index (χ1) is 4.33. The van der Waals surface area contributed by atoms with Crippen LogP contribution in [0.1, 0.15) is 6.42 Å². The number of carbonyl (C=O) groups excluding carboxylic acids is 1. The maximum Gasteiger partial charge on any atom is 0.357 e. The van der Waals surface area contributed by atoms with Crippen LogP contribution in [0.25, 0.3) is 0 Å². The maximum atomic E-state index is 10.5. The average molecular weight is 148 g/mol. The standard InChI is InChI=1S/C4H8N2O4/c5-3(8)1-4(6,9)10-2(3)7/h8-9H,1,5-6H2. The second-order valence-corrected chi connectivity index (χ2v) is 2.34. The third-order valence-corrected chi connectivity index (χ3v) is 1.15. The van der Waals surface area contributed by atoms with Crippen LogP contribution in [0.3, 0.4) is 0 Å². The Balaban J connectivity index is 2.81. The first-order valence-corrected chi connectivity index (χ1v) is 2.59. The molecule has 0 radical (unpaired) electrons. The van der Waals surface area contributed by atoms with Gasteiger partial charge in [0.1, 0.15) is 0 Å². The molecule has 1 fully saturated rings. The van der Waals surface area contributed by atoms with Crippen LogP contribution in [0, 0.1) is 0 Å². The van der Waals surface area contributed by atoms with Gasteiger partial charge in [-0.05, 0) is 0 Å². The number of rotatable bonds is 0. The molecule has 0 saturated carbocycles. The number of hydrogen-bond donors (Lipinski definition) is 4. The Kier molecular flexibility index (Phi) is 1.24. The Labute approximate surface area is 56.4 Å². The van der Waals surface area contributed by atoms with Crippen LogP contribution in [0.4, 0.5) is 0 Å². The highest BCUT2D eigenvalue weighted by molar-refractivity contribution is 5.80. The minimum absolute atomic E-state index is 0.515. The lowest BCUT2D eigenvalue weighted by atomic mass is 10.2. The number of esters is 1. The molecular weight excluding hydrogens is 140 g/mol. The Morgan fingerprint density at radius 2 is 2.00 bits per heavy atom. The number of ether oxygens (including phenoxy) is 1. The summed E-state index contributed by atoms with van der Waals surface area (Å²) in [6.45, 7) is 0. The predicted molar refractivity (Wildman–Crippen MR) is 29.0 cm³/mol. The topological polar surface area (TPSA) is 119 Å². The van der Waals surface area contributed by atoms with E-state index in [9.17, 15) is 4.79 Å². The highest BCUT2D eigenvalue weighted by Crippen LogP contribution is 2.23. The highest BCUT2D eigenvalue weighted by atomic mass is 16.7. The lowest BCUT2D eigenvalue weighted by molar-refractivity contribution is -0.186. The second kappa shape index (κ2) is 1.67. The van der Waals surface area contributed by atoms with Crippen molar-refractivity contribution in [2.45, 2.75) is 18.1 Å². The SMILES string of the molecule is NC1(O)CC(N)(O)C(=O)O1. The molecule has 0 amide bonds. The maximum absolute atomic E-state index is 10.5. The van der Waals surface area contributed by atoms with Crippen LogP contribution in [0.2, 0.25) is 0 Å². The molecule has 1 aliphatic rings. The van der Waals surface area contributed by atoms with Gasteiger partial charge in [0.05, 0.1) is 6.42 Å². The van der Waals surface area contributed by atoms with E-state index in [2.05, 4.69) is 4.74 Å². The zero-order chi connectivity index (χ0) is 7.99.